The van der Waals surface area contributed by atoms with E-state index >= 15 is 0 Å². The topological polar surface area (TPSA) is 97.7 Å². The molecule has 0 unspecified atom stereocenters. The van der Waals surface area contributed by atoms with E-state index in [1.54, 1.807) is 0 Å². The molecule has 0 bridgehead atoms. The molecule has 0 fully saturated rings. The molecule has 0 atom stereocenters. The number of benzene rings is 1. The van der Waals surface area contributed by atoms with Gasteiger partial charge in [-0.15, -0.1) is 0 Å². The van der Waals surface area contributed by atoms with Crippen LogP contribution in [0.4, 0.5) is 0 Å². The minimum atomic E-state index is -4.34. The summed E-state index contributed by atoms with van der Waals surface area (Å²) in [5.41, 5.74) is 0. The van der Waals surface area contributed by atoms with Gasteiger partial charge in [0.1, 0.15) is 0 Å². The summed E-state index contributed by atoms with van der Waals surface area (Å²) >= 11 is 0. The summed E-state index contributed by atoms with van der Waals surface area (Å²) in [6, 6.07) is 6.38. The first kappa shape index (κ1) is 18.3. The third-order valence-corrected chi connectivity index (χ3v) is 11.5. The summed E-state index contributed by atoms with van der Waals surface area (Å²) in [5, 5.41) is 0. The van der Waals surface area contributed by atoms with Gasteiger partial charge in [0.05, 0.1) is 9.79 Å². The lowest BCUT2D eigenvalue weighted by Gasteiger charge is -2.26. The highest BCUT2D eigenvalue weighted by molar-refractivity contribution is 7.88. The molecule has 0 aromatic heterocycles. The molecular weight excluding hydrogens is 332 g/mol. The van der Waals surface area contributed by atoms with Gasteiger partial charge in [-0.05, 0) is 42.4 Å². The molecule has 0 saturated heterocycles. The molecule has 0 aliphatic carbocycles. The van der Waals surface area contributed by atoms with Crippen molar-refractivity contribution in [3.05, 3.63) is 24.3 Å². The Balaban J connectivity index is 3.14. The SMILES string of the molecule is CC[Si](CC)(CC)OS(=O)(=O)c1ccc(S(=O)(=O)O)cc1. The lowest BCUT2D eigenvalue weighted by Crippen LogP contribution is -2.38. The van der Waals surface area contributed by atoms with E-state index in [1.165, 1.54) is 0 Å². The third-order valence-electron chi connectivity index (χ3n) is 3.63. The van der Waals surface area contributed by atoms with Crippen LogP contribution in [0.5, 0.6) is 0 Å². The predicted octanol–water partition coefficient (Wildman–Crippen LogP) is 2.64. The summed E-state index contributed by atoms with van der Waals surface area (Å²) in [5.74, 6) is 0. The van der Waals surface area contributed by atoms with Gasteiger partial charge < -0.3 is 3.87 Å². The molecule has 1 aromatic carbocycles. The third kappa shape index (κ3) is 4.36. The predicted molar refractivity (Wildman–Crippen MR) is 81.7 cm³/mol. The van der Waals surface area contributed by atoms with Gasteiger partial charge in [-0.25, -0.2) is 0 Å². The molecule has 9 heteroatoms. The first-order valence-corrected chi connectivity index (χ1v) is 12.0. The van der Waals surface area contributed by atoms with E-state index in [-0.39, 0.29) is 9.79 Å². The van der Waals surface area contributed by atoms with Crippen LogP contribution in [0.25, 0.3) is 0 Å². The first-order chi connectivity index (χ1) is 9.60. The molecule has 0 amide bonds. The van der Waals surface area contributed by atoms with Crippen molar-refractivity contribution in [2.45, 2.75) is 48.7 Å². The summed E-state index contributed by atoms with van der Waals surface area (Å²) in [4.78, 5) is -0.464. The van der Waals surface area contributed by atoms with Gasteiger partial charge in [-0.3, -0.25) is 4.55 Å². The standard InChI is InChI=1S/C12H20O6S2Si/c1-4-21(5-2,6-3)18-20(16,17)12-9-7-11(8-10-12)19(13,14)15/h7-10H,4-6H2,1-3H3,(H,13,14,15). The smallest absolute Gasteiger partial charge is 0.294 e. The fourth-order valence-electron chi connectivity index (χ4n) is 1.99. The molecule has 1 N–H and O–H groups in total. The molecule has 6 nitrogen and oxygen atoms in total. The summed E-state index contributed by atoms with van der Waals surface area (Å²) in [7, 11) is -10.6. The Labute approximate surface area is 127 Å². The molecule has 0 saturated carbocycles. The molecule has 1 rings (SSSR count). The summed E-state index contributed by atoms with van der Waals surface area (Å²) in [6.07, 6.45) is 0. The highest BCUT2D eigenvalue weighted by Gasteiger charge is 2.35. The van der Waals surface area contributed by atoms with Crippen LogP contribution in [-0.2, 0) is 24.1 Å². The molecular formula is C12H20O6S2Si. The van der Waals surface area contributed by atoms with E-state index in [0.717, 1.165) is 24.3 Å². The second-order valence-corrected chi connectivity index (χ2v) is 12.7. The average Bonchev–Trinajstić information content (AvgIpc) is 2.44. The molecule has 0 aliphatic heterocycles. The molecule has 120 valence electrons. The van der Waals surface area contributed by atoms with Crippen molar-refractivity contribution in [1.29, 1.82) is 0 Å². The Morgan fingerprint density at radius 2 is 1.29 bits per heavy atom. The fourth-order valence-corrected chi connectivity index (χ4v) is 8.10. The van der Waals surface area contributed by atoms with E-state index in [0.29, 0.717) is 18.1 Å². The Morgan fingerprint density at radius 1 is 0.905 bits per heavy atom. The number of hydrogen-bond donors (Lipinski definition) is 1. The van der Waals surface area contributed by atoms with E-state index < -0.39 is 28.6 Å². The Bertz CT molecular complexity index is 667. The number of hydrogen-bond acceptors (Lipinski definition) is 5. The maximum atomic E-state index is 12.3. The first-order valence-electron chi connectivity index (χ1n) is 6.63. The normalized spacial score (nSPS) is 13.3. The van der Waals surface area contributed by atoms with Gasteiger partial charge in [0.15, 0.2) is 0 Å². The van der Waals surface area contributed by atoms with E-state index in [1.807, 2.05) is 20.8 Å². The Morgan fingerprint density at radius 3 is 1.62 bits per heavy atom. The quantitative estimate of drug-likeness (QED) is 0.598. The van der Waals surface area contributed by atoms with Crippen LogP contribution in [0.2, 0.25) is 18.1 Å². The monoisotopic (exact) mass is 352 g/mol. The Hall–Kier alpha value is -0.743. The van der Waals surface area contributed by atoms with Crippen LogP contribution < -0.4 is 0 Å². The molecule has 21 heavy (non-hydrogen) atoms. The van der Waals surface area contributed by atoms with Crippen LogP contribution >= 0.6 is 0 Å². The molecule has 0 spiro atoms. The van der Waals surface area contributed by atoms with Gasteiger partial charge in [0, 0.05) is 0 Å². The van der Waals surface area contributed by atoms with Crippen molar-refractivity contribution in [3.63, 3.8) is 0 Å². The van der Waals surface area contributed by atoms with Crippen molar-refractivity contribution in [2.75, 3.05) is 0 Å². The zero-order valence-electron chi connectivity index (χ0n) is 12.2. The largest absolute Gasteiger partial charge is 0.311 e. The molecule has 0 aliphatic rings. The van der Waals surface area contributed by atoms with Gasteiger partial charge >= 0.3 is 0 Å². The van der Waals surface area contributed by atoms with E-state index in [9.17, 15) is 16.8 Å². The fraction of sp³-hybridized carbons (Fsp3) is 0.500. The van der Waals surface area contributed by atoms with Gasteiger partial charge in [-0.2, -0.15) is 16.8 Å². The van der Waals surface area contributed by atoms with Gasteiger partial charge in [0.25, 0.3) is 20.2 Å². The average molecular weight is 353 g/mol. The second-order valence-electron chi connectivity index (χ2n) is 4.73. The van der Waals surface area contributed by atoms with Crippen LogP contribution in [0.1, 0.15) is 20.8 Å². The van der Waals surface area contributed by atoms with Crippen molar-refractivity contribution in [1.82, 2.24) is 0 Å². The highest BCUT2D eigenvalue weighted by Crippen LogP contribution is 2.27. The molecule has 1 aromatic rings. The number of rotatable bonds is 7. The maximum absolute atomic E-state index is 12.3. The van der Waals surface area contributed by atoms with Crippen molar-refractivity contribution < 1.29 is 25.3 Å². The summed E-state index contributed by atoms with van der Waals surface area (Å²) < 4.78 is 60.8. The van der Waals surface area contributed by atoms with Crippen LogP contribution in [-0.4, -0.2) is 29.7 Å². The van der Waals surface area contributed by atoms with Gasteiger partial charge in [-0.1, -0.05) is 20.8 Å². The molecule has 0 heterocycles. The van der Waals surface area contributed by atoms with Gasteiger partial charge in [0.2, 0.25) is 8.32 Å². The van der Waals surface area contributed by atoms with Crippen LogP contribution in [0.15, 0.2) is 34.1 Å². The molecule has 0 radical (unpaired) electrons. The minimum Gasteiger partial charge on any atom is -0.311 e. The second kappa shape index (κ2) is 6.57. The van der Waals surface area contributed by atoms with Crippen molar-refractivity contribution >= 4 is 28.6 Å². The highest BCUT2D eigenvalue weighted by atomic mass is 32.2. The Kier molecular flexibility index (Phi) is 5.73. The van der Waals surface area contributed by atoms with E-state index in [2.05, 4.69) is 0 Å². The summed E-state index contributed by atoms with van der Waals surface area (Å²) in [6.45, 7) is 5.74. The van der Waals surface area contributed by atoms with Crippen molar-refractivity contribution in [3.8, 4) is 0 Å². The zero-order chi connectivity index (χ0) is 16.3. The maximum Gasteiger partial charge on any atom is 0.294 e. The van der Waals surface area contributed by atoms with Crippen LogP contribution in [0.3, 0.4) is 0 Å². The van der Waals surface area contributed by atoms with Crippen molar-refractivity contribution in [2.24, 2.45) is 0 Å². The van der Waals surface area contributed by atoms with Crippen LogP contribution in [0, 0.1) is 0 Å². The van der Waals surface area contributed by atoms with E-state index in [4.69, 9.17) is 8.42 Å². The lowest BCUT2D eigenvalue weighted by molar-refractivity contribution is 0.472. The lowest BCUT2D eigenvalue weighted by atomic mass is 10.4. The zero-order valence-corrected chi connectivity index (χ0v) is 14.9. The minimum absolute atomic E-state index is 0.109.